The average Bonchev–Trinajstić information content (AvgIpc) is 2.40. The Bertz CT molecular complexity index is 592. The van der Waals surface area contributed by atoms with Gasteiger partial charge in [0, 0.05) is 0 Å². The summed E-state index contributed by atoms with van der Waals surface area (Å²) in [6.07, 6.45) is 1.11. The number of aryl methyl sites for hydroxylation is 1. The van der Waals surface area contributed by atoms with Crippen LogP contribution in [0, 0.1) is 0 Å². The van der Waals surface area contributed by atoms with Gasteiger partial charge in [0.15, 0.2) is 0 Å². The molecule has 0 aliphatic carbocycles. The molecule has 102 valence electrons. The Balaban J connectivity index is 0.000000191. The highest BCUT2D eigenvalue weighted by Gasteiger charge is 1.95. The lowest BCUT2D eigenvalue weighted by Gasteiger charge is -2.04. The lowest BCUT2D eigenvalue weighted by Crippen LogP contribution is -2.39. The van der Waals surface area contributed by atoms with Gasteiger partial charge in [0.05, 0.1) is 4.90 Å². The molecule has 0 heterocycles. The molecule has 0 aliphatic rings. The van der Waals surface area contributed by atoms with E-state index in [9.17, 15) is 13.0 Å². The van der Waals surface area contributed by atoms with Crippen LogP contribution >= 0.6 is 0 Å². The van der Waals surface area contributed by atoms with Crippen LogP contribution in [0.2, 0.25) is 0 Å². The molecule has 0 amide bonds. The molecular formula is C14H17NO3S. The maximum atomic E-state index is 10.3. The minimum atomic E-state index is -4.25. The van der Waals surface area contributed by atoms with Crippen LogP contribution < -0.4 is 5.73 Å². The highest BCUT2D eigenvalue weighted by atomic mass is 32.2. The van der Waals surface area contributed by atoms with E-state index in [0.717, 1.165) is 12.1 Å². The SMILES string of the molecule is CCc1ccc([NH3+])cc1.O=S(=O)([O-])c1ccccc1. The molecule has 0 fully saturated rings. The summed E-state index contributed by atoms with van der Waals surface area (Å²) in [4.78, 5) is -0.185. The summed E-state index contributed by atoms with van der Waals surface area (Å²) >= 11 is 0. The smallest absolute Gasteiger partial charge is 0.127 e. The highest BCUT2D eigenvalue weighted by Crippen LogP contribution is 2.05. The lowest BCUT2D eigenvalue weighted by molar-refractivity contribution is -0.254. The first-order valence-corrected chi connectivity index (χ1v) is 7.26. The van der Waals surface area contributed by atoms with E-state index in [2.05, 4.69) is 24.8 Å². The predicted molar refractivity (Wildman–Crippen MR) is 72.8 cm³/mol. The normalized spacial score (nSPS) is 10.5. The summed E-state index contributed by atoms with van der Waals surface area (Å²) in [5, 5.41) is 0. The Hall–Kier alpha value is -1.69. The maximum absolute atomic E-state index is 10.3. The van der Waals surface area contributed by atoms with Crippen molar-refractivity contribution in [3.05, 3.63) is 60.2 Å². The summed E-state index contributed by atoms with van der Waals surface area (Å²) in [6.45, 7) is 2.15. The van der Waals surface area contributed by atoms with Crippen molar-refractivity contribution in [1.82, 2.24) is 0 Å². The van der Waals surface area contributed by atoms with E-state index >= 15 is 0 Å². The predicted octanol–water partition coefficient (Wildman–Crippen LogP) is 1.71. The number of hydrogen-bond acceptors (Lipinski definition) is 3. The van der Waals surface area contributed by atoms with E-state index in [1.54, 1.807) is 6.07 Å². The second kappa shape index (κ2) is 7.04. The van der Waals surface area contributed by atoms with Gasteiger partial charge in [0.1, 0.15) is 15.8 Å². The van der Waals surface area contributed by atoms with Crippen LogP contribution in [-0.2, 0) is 16.5 Å². The zero-order valence-corrected chi connectivity index (χ0v) is 11.6. The fourth-order valence-corrected chi connectivity index (χ4v) is 1.85. The first-order valence-electron chi connectivity index (χ1n) is 5.85. The minimum Gasteiger partial charge on any atom is -0.744 e. The molecule has 5 heteroatoms. The summed E-state index contributed by atoms with van der Waals surface area (Å²) < 4.78 is 30.8. The topological polar surface area (TPSA) is 84.8 Å². The third kappa shape index (κ3) is 5.65. The molecule has 0 aliphatic heterocycles. The quantitative estimate of drug-likeness (QED) is 0.849. The van der Waals surface area contributed by atoms with Crippen LogP contribution in [0.3, 0.4) is 0 Å². The molecule has 0 aromatic heterocycles. The molecule has 4 nitrogen and oxygen atoms in total. The molecule has 0 saturated carbocycles. The fraction of sp³-hybridized carbons (Fsp3) is 0.143. The maximum Gasteiger partial charge on any atom is 0.127 e. The number of quaternary nitrogens is 1. The second-order valence-electron chi connectivity index (χ2n) is 3.94. The largest absolute Gasteiger partial charge is 0.744 e. The van der Waals surface area contributed by atoms with E-state index in [1.165, 1.54) is 29.8 Å². The summed E-state index contributed by atoms with van der Waals surface area (Å²) in [6, 6.07) is 15.5. The molecular weight excluding hydrogens is 262 g/mol. The van der Waals surface area contributed by atoms with Crippen LogP contribution in [0.1, 0.15) is 12.5 Å². The molecule has 3 N–H and O–H groups in total. The van der Waals surface area contributed by atoms with Crippen LogP contribution in [0.15, 0.2) is 59.5 Å². The Kier molecular flexibility index (Phi) is 5.69. The van der Waals surface area contributed by atoms with Crippen LogP contribution in [0.4, 0.5) is 5.69 Å². The summed E-state index contributed by atoms with van der Waals surface area (Å²) in [5.74, 6) is 0. The molecule has 2 aromatic rings. The molecule has 0 spiro atoms. The highest BCUT2D eigenvalue weighted by molar-refractivity contribution is 7.85. The van der Waals surface area contributed by atoms with Crippen molar-refractivity contribution in [2.24, 2.45) is 0 Å². The van der Waals surface area contributed by atoms with Gasteiger partial charge in [-0.1, -0.05) is 37.3 Å². The molecule has 0 bridgehead atoms. The number of hydrogen-bond donors (Lipinski definition) is 1. The van der Waals surface area contributed by atoms with Gasteiger partial charge >= 0.3 is 0 Å². The summed E-state index contributed by atoms with van der Waals surface area (Å²) in [5.41, 5.74) is 6.26. The molecule has 2 rings (SSSR count). The van der Waals surface area contributed by atoms with Gasteiger partial charge in [-0.25, -0.2) is 8.42 Å². The van der Waals surface area contributed by atoms with Gasteiger partial charge in [0.2, 0.25) is 0 Å². The fourth-order valence-electron chi connectivity index (χ4n) is 1.36. The van der Waals surface area contributed by atoms with Crippen LogP contribution in [0.25, 0.3) is 0 Å². The van der Waals surface area contributed by atoms with E-state index in [-0.39, 0.29) is 4.90 Å². The van der Waals surface area contributed by atoms with Crippen LogP contribution in [0.5, 0.6) is 0 Å². The van der Waals surface area contributed by atoms with Gasteiger partial charge < -0.3 is 10.3 Å². The van der Waals surface area contributed by atoms with Gasteiger partial charge in [-0.3, -0.25) is 0 Å². The zero-order chi connectivity index (χ0) is 14.3. The monoisotopic (exact) mass is 279 g/mol. The third-order valence-corrected chi connectivity index (χ3v) is 3.31. The minimum absolute atomic E-state index is 0.185. The Morgan fingerprint density at radius 2 is 1.53 bits per heavy atom. The Labute approximate surface area is 113 Å². The van der Waals surface area contributed by atoms with E-state index < -0.39 is 10.1 Å². The van der Waals surface area contributed by atoms with Crippen LogP contribution in [-0.4, -0.2) is 13.0 Å². The average molecular weight is 279 g/mol. The summed E-state index contributed by atoms with van der Waals surface area (Å²) in [7, 11) is -4.25. The number of rotatable bonds is 2. The van der Waals surface area contributed by atoms with E-state index in [0.29, 0.717) is 0 Å². The number of benzene rings is 2. The van der Waals surface area contributed by atoms with Crippen molar-refractivity contribution < 1.29 is 18.7 Å². The first-order chi connectivity index (χ1) is 8.93. The van der Waals surface area contributed by atoms with Crippen molar-refractivity contribution >= 4 is 15.8 Å². The molecule has 19 heavy (non-hydrogen) atoms. The molecule has 0 unspecified atom stereocenters. The molecule has 0 atom stereocenters. The van der Waals surface area contributed by atoms with Gasteiger partial charge in [0.25, 0.3) is 0 Å². The van der Waals surface area contributed by atoms with Gasteiger partial charge in [-0.05, 0) is 36.2 Å². The van der Waals surface area contributed by atoms with Crippen molar-refractivity contribution in [2.75, 3.05) is 0 Å². The molecule has 0 saturated heterocycles. The zero-order valence-electron chi connectivity index (χ0n) is 10.7. The lowest BCUT2D eigenvalue weighted by atomic mass is 10.2. The van der Waals surface area contributed by atoms with E-state index in [4.69, 9.17) is 0 Å². The van der Waals surface area contributed by atoms with Crippen molar-refractivity contribution in [3.8, 4) is 0 Å². The second-order valence-corrected chi connectivity index (χ2v) is 5.32. The Morgan fingerprint density at radius 3 is 1.89 bits per heavy atom. The van der Waals surface area contributed by atoms with E-state index in [1.807, 2.05) is 12.1 Å². The third-order valence-electron chi connectivity index (χ3n) is 2.46. The van der Waals surface area contributed by atoms with Crippen molar-refractivity contribution in [1.29, 1.82) is 0 Å². The Morgan fingerprint density at radius 1 is 1.00 bits per heavy atom. The molecule has 2 aromatic carbocycles. The first kappa shape index (κ1) is 15.4. The molecule has 0 radical (unpaired) electrons. The van der Waals surface area contributed by atoms with Crippen molar-refractivity contribution in [2.45, 2.75) is 18.2 Å². The van der Waals surface area contributed by atoms with Gasteiger partial charge in [-0.2, -0.15) is 0 Å². The van der Waals surface area contributed by atoms with Gasteiger partial charge in [-0.15, -0.1) is 0 Å². The standard InChI is InChI=1S/C8H11N.C6H6O3S/c1-2-7-3-5-8(9)6-4-7;7-10(8,9)6-4-2-1-3-5-6/h3-6H,2,9H2,1H3;1-5H,(H,7,8,9). The van der Waals surface area contributed by atoms with Crippen molar-refractivity contribution in [3.63, 3.8) is 0 Å².